The molecule has 0 unspecified atom stereocenters. The lowest BCUT2D eigenvalue weighted by Gasteiger charge is -2.33. The largest absolute Gasteiger partial charge is 0.337 e. The number of sulfone groups is 1. The Balaban J connectivity index is 0.00000242. The highest BCUT2D eigenvalue weighted by atomic mass is 79.9. The van der Waals surface area contributed by atoms with E-state index in [1.165, 1.54) is 0 Å². The topological polar surface area (TPSA) is 66.5 Å². The number of amides is 1. The Morgan fingerprint density at radius 3 is 2.82 bits per heavy atom. The second-order valence-corrected chi connectivity index (χ2v) is 8.28. The molecular formula is C14H20BrClN2O3S. The monoisotopic (exact) mass is 410 g/mol. The molecule has 22 heavy (non-hydrogen) atoms. The number of hydrogen-bond donors (Lipinski definition) is 1. The first-order chi connectivity index (χ1) is 9.87. The number of nitrogens with zero attached hydrogens (tertiary/aromatic N) is 1. The minimum Gasteiger partial charge on any atom is -0.337 e. The van der Waals surface area contributed by atoms with Crippen LogP contribution < -0.4 is 5.32 Å². The number of rotatable bonds is 4. The fraction of sp³-hybridized carbons (Fsp3) is 0.500. The molecule has 5 nitrogen and oxygen atoms in total. The first-order valence-electron chi connectivity index (χ1n) is 6.82. The van der Waals surface area contributed by atoms with Gasteiger partial charge in [0.1, 0.15) is 5.75 Å². The highest BCUT2D eigenvalue weighted by molar-refractivity contribution is 9.10. The van der Waals surface area contributed by atoms with E-state index in [4.69, 9.17) is 0 Å². The Kier molecular flexibility index (Phi) is 7.31. The molecule has 0 aromatic heterocycles. The minimum atomic E-state index is -3.46. The first-order valence-corrected chi connectivity index (χ1v) is 9.44. The summed E-state index contributed by atoms with van der Waals surface area (Å²) in [7, 11) is -3.46. The maximum Gasteiger partial charge on any atom is 0.238 e. The van der Waals surface area contributed by atoms with Gasteiger partial charge in [-0.1, -0.05) is 28.1 Å². The summed E-state index contributed by atoms with van der Waals surface area (Å²) < 4.78 is 25.2. The van der Waals surface area contributed by atoms with Crippen LogP contribution in [0.15, 0.2) is 28.7 Å². The molecule has 1 aromatic carbocycles. The van der Waals surface area contributed by atoms with Crippen LogP contribution in [0.2, 0.25) is 0 Å². The summed E-state index contributed by atoms with van der Waals surface area (Å²) in [6, 6.07) is 7.17. The Morgan fingerprint density at radius 2 is 2.18 bits per heavy atom. The van der Waals surface area contributed by atoms with Crippen molar-refractivity contribution in [1.29, 1.82) is 0 Å². The van der Waals surface area contributed by atoms with Gasteiger partial charge in [-0.15, -0.1) is 12.4 Å². The lowest BCUT2D eigenvalue weighted by atomic mass is 10.2. The molecule has 0 spiro atoms. The lowest BCUT2D eigenvalue weighted by molar-refractivity contribution is -0.131. The van der Waals surface area contributed by atoms with Crippen molar-refractivity contribution >= 4 is 44.1 Å². The maximum absolute atomic E-state index is 12.2. The second kappa shape index (κ2) is 8.29. The number of carbonyl (C=O) groups is 1. The van der Waals surface area contributed by atoms with Crippen molar-refractivity contribution in [2.24, 2.45) is 0 Å². The van der Waals surface area contributed by atoms with E-state index in [1.807, 2.05) is 13.0 Å². The van der Waals surface area contributed by atoms with Gasteiger partial charge < -0.3 is 10.2 Å². The first kappa shape index (κ1) is 19.4. The third kappa shape index (κ3) is 5.53. The van der Waals surface area contributed by atoms with Crippen LogP contribution in [-0.4, -0.2) is 50.7 Å². The third-order valence-electron chi connectivity index (χ3n) is 3.44. The van der Waals surface area contributed by atoms with Crippen LogP contribution >= 0.6 is 28.3 Å². The van der Waals surface area contributed by atoms with Crippen LogP contribution in [0.25, 0.3) is 0 Å². The lowest BCUT2D eigenvalue weighted by Crippen LogP contribution is -2.53. The number of piperazine rings is 1. The van der Waals surface area contributed by atoms with Crippen LogP contribution in [-0.2, 0) is 20.4 Å². The fourth-order valence-corrected chi connectivity index (χ4v) is 4.19. The van der Waals surface area contributed by atoms with Gasteiger partial charge in [0.2, 0.25) is 5.91 Å². The van der Waals surface area contributed by atoms with E-state index in [9.17, 15) is 13.2 Å². The van der Waals surface area contributed by atoms with E-state index in [-0.39, 0.29) is 30.1 Å². The molecule has 2 rings (SSSR count). The van der Waals surface area contributed by atoms with E-state index in [1.54, 1.807) is 23.1 Å². The standard InChI is InChI=1S/C14H19BrN2O3S.ClH/c1-11-8-16-5-6-17(11)14(18)10-21(19,20)9-12-3-2-4-13(15)7-12;/h2-4,7,11,16H,5-6,8-10H2,1H3;1H/t11-;/m1./s1. The van der Waals surface area contributed by atoms with E-state index in [2.05, 4.69) is 21.2 Å². The molecule has 0 bridgehead atoms. The zero-order valence-corrected chi connectivity index (χ0v) is 15.5. The average Bonchev–Trinajstić information content (AvgIpc) is 2.37. The molecule has 0 aliphatic carbocycles. The smallest absolute Gasteiger partial charge is 0.238 e. The highest BCUT2D eigenvalue weighted by Crippen LogP contribution is 2.15. The Hall–Kier alpha value is -0.630. The maximum atomic E-state index is 12.2. The van der Waals surface area contributed by atoms with Crippen LogP contribution in [0.3, 0.4) is 0 Å². The Labute approximate surface area is 145 Å². The molecule has 0 saturated carbocycles. The van der Waals surface area contributed by atoms with Crippen molar-refractivity contribution in [3.8, 4) is 0 Å². The second-order valence-electron chi connectivity index (χ2n) is 5.30. The molecule has 0 radical (unpaired) electrons. The average molecular weight is 412 g/mol. The van der Waals surface area contributed by atoms with Gasteiger partial charge in [-0.25, -0.2) is 8.42 Å². The molecule has 124 valence electrons. The SMILES string of the molecule is C[C@@H]1CNCCN1C(=O)CS(=O)(=O)Cc1cccc(Br)c1.Cl. The van der Waals surface area contributed by atoms with Gasteiger partial charge in [0.05, 0.1) is 5.75 Å². The van der Waals surface area contributed by atoms with Crippen molar-refractivity contribution in [1.82, 2.24) is 10.2 Å². The normalized spacial score (nSPS) is 18.6. The summed E-state index contributed by atoms with van der Waals surface area (Å²) in [5, 5.41) is 3.18. The van der Waals surface area contributed by atoms with Crippen molar-refractivity contribution in [2.75, 3.05) is 25.4 Å². The van der Waals surface area contributed by atoms with Gasteiger partial charge in [-0.05, 0) is 24.6 Å². The molecule has 1 aliphatic heterocycles. The van der Waals surface area contributed by atoms with Gasteiger partial charge in [0.25, 0.3) is 0 Å². The van der Waals surface area contributed by atoms with Gasteiger partial charge >= 0.3 is 0 Å². The summed E-state index contributed by atoms with van der Waals surface area (Å²) in [6.07, 6.45) is 0. The predicted molar refractivity (Wildman–Crippen MR) is 92.9 cm³/mol. The van der Waals surface area contributed by atoms with Gasteiger partial charge in [0.15, 0.2) is 9.84 Å². The van der Waals surface area contributed by atoms with Crippen molar-refractivity contribution in [2.45, 2.75) is 18.7 Å². The quantitative estimate of drug-likeness (QED) is 0.817. The highest BCUT2D eigenvalue weighted by Gasteiger charge is 2.27. The molecule has 1 aromatic rings. The van der Waals surface area contributed by atoms with Crippen LogP contribution in [0.5, 0.6) is 0 Å². The van der Waals surface area contributed by atoms with Crippen molar-refractivity contribution in [3.63, 3.8) is 0 Å². The predicted octanol–water partition coefficient (Wildman–Crippen LogP) is 1.61. The summed E-state index contributed by atoms with van der Waals surface area (Å²) in [5.41, 5.74) is 0.686. The van der Waals surface area contributed by atoms with E-state index in [0.29, 0.717) is 25.2 Å². The Morgan fingerprint density at radius 1 is 1.45 bits per heavy atom. The zero-order chi connectivity index (χ0) is 15.5. The number of benzene rings is 1. The van der Waals surface area contributed by atoms with E-state index >= 15 is 0 Å². The Bertz CT molecular complexity index is 624. The number of carbonyl (C=O) groups excluding carboxylic acids is 1. The zero-order valence-electron chi connectivity index (χ0n) is 12.3. The van der Waals surface area contributed by atoms with Crippen LogP contribution in [0.1, 0.15) is 12.5 Å². The molecule has 1 saturated heterocycles. The van der Waals surface area contributed by atoms with E-state index in [0.717, 1.165) is 4.47 Å². The summed E-state index contributed by atoms with van der Waals surface area (Å²) in [4.78, 5) is 13.8. The molecule has 1 N–H and O–H groups in total. The molecular weight excluding hydrogens is 392 g/mol. The summed E-state index contributed by atoms with van der Waals surface area (Å²) in [6.45, 7) is 3.90. The molecule has 8 heteroatoms. The van der Waals surface area contributed by atoms with E-state index < -0.39 is 15.6 Å². The number of halogens is 2. The minimum absolute atomic E-state index is 0. The van der Waals surface area contributed by atoms with Crippen molar-refractivity contribution in [3.05, 3.63) is 34.3 Å². The van der Waals surface area contributed by atoms with Crippen LogP contribution in [0, 0.1) is 0 Å². The van der Waals surface area contributed by atoms with Crippen LogP contribution in [0.4, 0.5) is 0 Å². The third-order valence-corrected chi connectivity index (χ3v) is 5.39. The van der Waals surface area contributed by atoms with Gasteiger partial charge in [-0.2, -0.15) is 0 Å². The fourth-order valence-electron chi connectivity index (χ4n) is 2.41. The summed E-state index contributed by atoms with van der Waals surface area (Å²) >= 11 is 3.31. The molecule has 1 amide bonds. The number of nitrogens with one attached hydrogen (secondary N) is 1. The molecule has 1 atom stereocenters. The van der Waals surface area contributed by atoms with Crippen molar-refractivity contribution < 1.29 is 13.2 Å². The molecule has 1 heterocycles. The molecule has 1 aliphatic rings. The number of hydrogen-bond acceptors (Lipinski definition) is 4. The summed E-state index contributed by atoms with van der Waals surface area (Å²) in [5.74, 6) is -0.846. The van der Waals surface area contributed by atoms with Gasteiger partial charge in [0, 0.05) is 30.1 Å². The molecule has 1 fully saturated rings. The van der Waals surface area contributed by atoms with Gasteiger partial charge in [-0.3, -0.25) is 4.79 Å².